The van der Waals surface area contributed by atoms with Crippen LogP contribution in [-0.2, 0) is 13.5 Å². The molecular weight excluding hydrogens is 270 g/mol. The molecule has 20 heavy (non-hydrogen) atoms. The molecular formula is C17H14ClNO. The monoisotopic (exact) mass is 283 g/mol. The minimum absolute atomic E-state index is 0.406. The zero-order chi connectivity index (χ0) is 14.1. The van der Waals surface area contributed by atoms with Gasteiger partial charge in [0.25, 0.3) is 5.24 Å². The van der Waals surface area contributed by atoms with Crippen LogP contribution in [0.1, 0.15) is 21.5 Å². The predicted molar refractivity (Wildman–Crippen MR) is 82.4 cm³/mol. The van der Waals surface area contributed by atoms with Crippen molar-refractivity contribution in [2.45, 2.75) is 6.42 Å². The molecule has 0 saturated carbocycles. The first-order valence-electron chi connectivity index (χ1n) is 6.47. The summed E-state index contributed by atoms with van der Waals surface area (Å²) in [6, 6.07) is 15.9. The van der Waals surface area contributed by atoms with E-state index in [9.17, 15) is 4.79 Å². The Hall–Kier alpha value is -2.06. The van der Waals surface area contributed by atoms with E-state index >= 15 is 0 Å². The zero-order valence-electron chi connectivity index (χ0n) is 11.1. The van der Waals surface area contributed by atoms with E-state index in [1.54, 1.807) is 6.07 Å². The van der Waals surface area contributed by atoms with E-state index in [0.717, 1.165) is 22.9 Å². The van der Waals surface area contributed by atoms with Gasteiger partial charge in [-0.25, -0.2) is 0 Å². The number of rotatable bonds is 3. The topological polar surface area (TPSA) is 22.0 Å². The number of benzene rings is 2. The molecule has 2 aromatic carbocycles. The van der Waals surface area contributed by atoms with E-state index < -0.39 is 5.24 Å². The van der Waals surface area contributed by atoms with Crippen LogP contribution < -0.4 is 0 Å². The zero-order valence-corrected chi connectivity index (χ0v) is 11.9. The van der Waals surface area contributed by atoms with Gasteiger partial charge in [0.15, 0.2) is 0 Å². The van der Waals surface area contributed by atoms with Gasteiger partial charge in [0.1, 0.15) is 0 Å². The van der Waals surface area contributed by atoms with Crippen molar-refractivity contribution in [2.75, 3.05) is 0 Å². The van der Waals surface area contributed by atoms with E-state index in [-0.39, 0.29) is 0 Å². The Labute approximate surface area is 122 Å². The van der Waals surface area contributed by atoms with Crippen LogP contribution in [0.3, 0.4) is 0 Å². The average Bonchev–Trinajstić information content (AvgIpc) is 2.77. The molecule has 1 aromatic heterocycles. The maximum Gasteiger partial charge on any atom is 0.253 e. The summed E-state index contributed by atoms with van der Waals surface area (Å²) in [5.74, 6) is 0. The molecule has 0 radical (unpaired) electrons. The van der Waals surface area contributed by atoms with Crippen LogP contribution in [0, 0.1) is 0 Å². The van der Waals surface area contributed by atoms with E-state index in [2.05, 4.69) is 18.3 Å². The number of carbonyl (C=O) groups excluding carboxylic acids is 1. The number of aryl methyl sites for hydroxylation is 1. The highest BCUT2D eigenvalue weighted by Gasteiger charge is 2.14. The largest absolute Gasteiger partial charge is 0.350 e. The van der Waals surface area contributed by atoms with E-state index in [1.807, 2.05) is 41.9 Å². The Morgan fingerprint density at radius 1 is 1.10 bits per heavy atom. The van der Waals surface area contributed by atoms with Crippen LogP contribution in [0.15, 0.2) is 54.7 Å². The molecule has 0 aliphatic carbocycles. The predicted octanol–water partition coefficient (Wildman–Crippen LogP) is 4.15. The lowest BCUT2D eigenvalue weighted by atomic mass is 10.0. The highest BCUT2D eigenvalue weighted by molar-refractivity contribution is 6.68. The third-order valence-electron chi connectivity index (χ3n) is 3.54. The molecule has 0 aliphatic rings. The summed E-state index contributed by atoms with van der Waals surface area (Å²) in [6.45, 7) is 0. The Kier molecular flexibility index (Phi) is 3.33. The molecule has 3 aromatic rings. The molecule has 0 saturated heterocycles. The summed E-state index contributed by atoms with van der Waals surface area (Å²) in [7, 11) is 1.99. The van der Waals surface area contributed by atoms with Crippen molar-refractivity contribution in [3.63, 3.8) is 0 Å². The van der Waals surface area contributed by atoms with Crippen LogP contribution in [0.25, 0.3) is 10.9 Å². The van der Waals surface area contributed by atoms with Gasteiger partial charge < -0.3 is 4.57 Å². The van der Waals surface area contributed by atoms with Gasteiger partial charge in [0, 0.05) is 29.7 Å². The molecule has 0 spiro atoms. The molecule has 0 unspecified atom stereocenters. The molecule has 0 fully saturated rings. The van der Waals surface area contributed by atoms with Crippen molar-refractivity contribution in [3.05, 3.63) is 71.4 Å². The normalized spacial score (nSPS) is 10.9. The highest BCUT2D eigenvalue weighted by atomic mass is 35.5. The summed E-state index contributed by atoms with van der Waals surface area (Å²) in [5, 5.41) is 0.551. The molecule has 0 N–H and O–H groups in total. The van der Waals surface area contributed by atoms with E-state index in [1.165, 1.54) is 5.56 Å². The Morgan fingerprint density at radius 2 is 1.85 bits per heavy atom. The lowest BCUT2D eigenvalue weighted by molar-refractivity contribution is 0.108. The van der Waals surface area contributed by atoms with Crippen LogP contribution >= 0.6 is 11.6 Å². The first kappa shape index (κ1) is 12.9. The summed E-state index contributed by atoms with van der Waals surface area (Å²) < 4.78 is 2.04. The second kappa shape index (κ2) is 5.14. The number of hydrogen-bond acceptors (Lipinski definition) is 1. The van der Waals surface area contributed by atoms with Gasteiger partial charge >= 0.3 is 0 Å². The summed E-state index contributed by atoms with van der Waals surface area (Å²) in [4.78, 5) is 11.6. The van der Waals surface area contributed by atoms with Crippen molar-refractivity contribution >= 4 is 27.7 Å². The van der Waals surface area contributed by atoms with Crippen molar-refractivity contribution in [1.29, 1.82) is 0 Å². The summed E-state index contributed by atoms with van der Waals surface area (Å²) in [6.07, 6.45) is 2.86. The van der Waals surface area contributed by atoms with Gasteiger partial charge in [0.2, 0.25) is 0 Å². The summed E-state index contributed by atoms with van der Waals surface area (Å²) >= 11 is 5.72. The Bertz CT molecular complexity index is 774. The fourth-order valence-corrected chi connectivity index (χ4v) is 2.81. The number of fused-ring (bicyclic) bond motifs is 1. The van der Waals surface area contributed by atoms with Gasteiger partial charge in [-0.05, 0) is 41.3 Å². The lowest BCUT2D eigenvalue weighted by Gasteiger charge is -2.03. The molecule has 2 nitrogen and oxygen atoms in total. The second-order valence-electron chi connectivity index (χ2n) is 4.90. The number of aromatic nitrogens is 1. The van der Waals surface area contributed by atoms with Crippen LogP contribution in [0.5, 0.6) is 0 Å². The average molecular weight is 284 g/mol. The first-order chi connectivity index (χ1) is 9.66. The molecule has 0 bridgehead atoms. The van der Waals surface area contributed by atoms with Gasteiger partial charge in [0.05, 0.1) is 0 Å². The molecule has 3 rings (SSSR count). The van der Waals surface area contributed by atoms with E-state index in [4.69, 9.17) is 11.6 Å². The molecule has 0 atom stereocenters. The lowest BCUT2D eigenvalue weighted by Crippen LogP contribution is -1.93. The Balaban J connectivity index is 2.18. The van der Waals surface area contributed by atoms with Crippen LogP contribution in [0.2, 0.25) is 0 Å². The molecule has 100 valence electrons. The van der Waals surface area contributed by atoms with Gasteiger partial charge in [-0.1, -0.05) is 36.4 Å². The molecule has 1 heterocycles. The number of nitrogens with zero attached hydrogens (tertiary/aromatic N) is 1. The molecule has 3 heteroatoms. The highest BCUT2D eigenvalue weighted by Crippen LogP contribution is 2.27. The van der Waals surface area contributed by atoms with Gasteiger partial charge in [-0.2, -0.15) is 0 Å². The fourth-order valence-electron chi connectivity index (χ4n) is 2.65. The van der Waals surface area contributed by atoms with Crippen molar-refractivity contribution in [1.82, 2.24) is 4.57 Å². The SMILES string of the molecule is Cn1cc(Cc2ccccc2)c2c(C(=O)Cl)cccc21. The maximum absolute atomic E-state index is 11.6. The second-order valence-corrected chi connectivity index (χ2v) is 5.24. The Morgan fingerprint density at radius 3 is 2.55 bits per heavy atom. The van der Waals surface area contributed by atoms with Crippen LogP contribution in [0.4, 0.5) is 0 Å². The van der Waals surface area contributed by atoms with Crippen molar-refractivity contribution in [3.8, 4) is 0 Å². The minimum atomic E-state index is -0.406. The number of hydrogen-bond donors (Lipinski definition) is 0. The quantitative estimate of drug-likeness (QED) is 0.662. The smallest absolute Gasteiger partial charge is 0.253 e. The number of halogens is 1. The minimum Gasteiger partial charge on any atom is -0.350 e. The third kappa shape index (κ3) is 2.23. The molecule has 0 aliphatic heterocycles. The van der Waals surface area contributed by atoms with Crippen molar-refractivity contribution in [2.24, 2.45) is 7.05 Å². The van der Waals surface area contributed by atoms with Crippen LogP contribution in [-0.4, -0.2) is 9.81 Å². The standard InChI is InChI=1S/C17H14ClNO/c1-19-11-13(10-12-6-3-2-4-7-12)16-14(17(18)20)8-5-9-15(16)19/h2-9,11H,10H2,1H3. The first-order valence-corrected chi connectivity index (χ1v) is 6.85. The molecule has 0 amide bonds. The van der Waals surface area contributed by atoms with Gasteiger partial charge in [-0.15, -0.1) is 0 Å². The maximum atomic E-state index is 11.6. The third-order valence-corrected chi connectivity index (χ3v) is 3.75. The van der Waals surface area contributed by atoms with Gasteiger partial charge in [-0.3, -0.25) is 4.79 Å². The van der Waals surface area contributed by atoms with E-state index in [0.29, 0.717) is 5.56 Å². The van der Waals surface area contributed by atoms with Crippen molar-refractivity contribution < 1.29 is 4.79 Å². The fraction of sp³-hybridized carbons (Fsp3) is 0.118. The summed E-state index contributed by atoms with van der Waals surface area (Å²) in [5.41, 5.74) is 3.95. The number of carbonyl (C=O) groups is 1.